The summed E-state index contributed by atoms with van der Waals surface area (Å²) in [5.41, 5.74) is 1.82. The van der Waals surface area contributed by atoms with Crippen molar-refractivity contribution in [2.75, 3.05) is 13.7 Å². The van der Waals surface area contributed by atoms with Crippen LogP contribution in [0.2, 0.25) is 0 Å². The maximum atomic E-state index is 13.9. The van der Waals surface area contributed by atoms with Crippen molar-refractivity contribution in [3.05, 3.63) is 34.9 Å². The second-order valence-corrected chi connectivity index (χ2v) is 10.2. The second kappa shape index (κ2) is 8.39. The fourth-order valence-corrected chi connectivity index (χ4v) is 6.18. The number of thiocarbonyl (C=S) groups is 1. The van der Waals surface area contributed by atoms with Gasteiger partial charge in [0.25, 0.3) is 12.3 Å². The Hall–Kier alpha value is -1.60. The summed E-state index contributed by atoms with van der Waals surface area (Å²) in [6, 6.07) is 6.43. The number of ether oxygens (including phenoxy) is 1. The summed E-state index contributed by atoms with van der Waals surface area (Å²) >= 11 is 5.43. The molecule has 1 heterocycles. The molecule has 1 aromatic rings. The van der Waals surface area contributed by atoms with Crippen LogP contribution in [0.15, 0.2) is 18.2 Å². The number of fused-ring (bicyclic) bond motifs is 3. The number of methoxy groups -OCH3 is 1. The lowest BCUT2D eigenvalue weighted by Crippen LogP contribution is -2.57. The minimum atomic E-state index is -2.63. The average Bonchev–Trinajstić information content (AvgIpc) is 3.13. The van der Waals surface area contributed by atoms with E-state index in [0.717, 1.165) is 61.0 Å². The van der Waals surface area contributed by atoms with Gasteiger partial charge in [-0.3, -0.25) is 9.69 Å². The Morgan fingerprint density at radius 3 is 2.61 bits per heavy atom. The molecule has 1 atom stereocenters. The number of carbonyl (C=O) groups excluding carboxylic acids is 1. The van der Waals surface area contributed by atoms with Crippen molar-refractivity contribution in [1.29, 1.82) is 0 Å². The molecule has 2 spiro atoms. The molecule has 2 fully saturated rings. The molecular weight excluding hydrogens is 418 g/mol. The van der Waals surface area contributed by atoms with Gasteiger partial charge in [-0.1, -0.05) is 32.0 Å². The molecule has 4 nitrogen and oxygen atoms in total. The van der Waals surface area contributed by atoms with E-state index in [-0.39, 0.29) is 22.5 Å². The first-order valence-corrected chi connectivity index (χ1v) is 11.7. The van der Waals surface area contributed by atoms with E-state index in [4.69, 9.17) is 17.0 Å². The van der Waals surface area contributed by atoms with Gasteiger partial charge in [0.15, 0.2) is 10.7 Å². The molecule has 1 aliphatic heterocycles. The largest absolute Gasteiger partial charge is 0.381 e. The van der Waals surface area contributed by atoms with Gasteiger partial charge in [0.2, 0.25) is 0 Å². The van der Waals surface area contributed by atoms with Crippen LogP contribution in [0.1, 0.15) is 62.6 Å². The minimum Gasteiger partial charge on any atom is -0.381 e. The van der Waals surface area contributed by atoms with E-state index in [0.29, 0.717) is 5.92 Å². The monoisotopic (exact) mass is 450 g/mol. The normalized spacial score (nSPS) is 30.2. The molecule has 1 saturated carbocycles. The van der Waals surface area contributed by atoms with Crippen molar-refractivity contribution < 1.29 is 18.3 Å². The summed E-state index contributed by atoms with van der Waals surface area (Å²) in [6.07, 6.45) is 3.59. The van der Waals surface area contributed by atoms with Gasteiger partial charge in [0.1, 0.15) is 0 Å². The van der Waals surface area contributed by atoms with Gasteiger partial charge in [-0.15, -0.1) is 0 Å². The molecule has 0 radical (unpaired) electrons. The van der Waals surface area contributed by atoms with Crippen LogP contribution in [0.25, 0.3) is 0 Å². The van der Waals surface area contributed by atoms with E-state index >= 15 is 0 Å². The lowest BCUT2D eigenvalue weighted by atomic mass is 9.61. The van der Waals surface area contributed by atoms with Gasteiger partial charge in [-0.2, -0.15) is 0 Å². The van der Waals surface area contributed by atoms with Crippen LogP contribution in [0, 0.1) is 11.3 Å². The lowest BCUT2D eigenvalue weighted by Gasteiger charge is -2.46. The van der Waals surface area contributed by atoms with E-state index in [1.807, 2.05) is 0 Å². The number of rotatable bonds is 6. The SMILES string of the molecule is COC1CCC2(CC1)Cc1ccc(CCC(C)C)cc1C21NC(=S)N(CC(F)F)C1=O. The predicted molar refractivity (Wildman–Crippen MR) is 120 cm³/mol. The van der Waals surface area contributed by atoms with Crippen LogP contribution in [0.4, 0.5) is 8.78 Å². The highest BCUT2D eigenvalue weighted by Gasteiger charge is 2.67. The Kier molecular flexibility index (Phi) is 6.12. The molecule has 31 heavy (non-hydrogen) atoms. The molecule has 7 heteroatoms. The number of hydrogen-bond acceptors (Lipinski definition) is 3. The summed E-state index contributed by atoms with van der Waals surface area (Å²) in [6.45, 7) is 3.73. The fraction of sp³-hybridized carbons (Fsp3) is 0.667. The first-order valence-electron chi connectivity index (χ1n) is 11.3. The zero-order valence-electron chi connectivity index (χ0n) is 18.5. The first-order chi connectivity index (χ1) is 14.7. The highest BCUT2D eigenvalue weighted by Crippen LogP contribution is 2.60. The van der Waals surface area contributed by atoms with Crippen LogP contribution in [-0.2, 0) is 27.9 Å². The zero-order chi connectivity index (χ0) is 22.4. The highest BCUT2D eigenvalue weighted by molar-refractivity contribution is 7.80. The number of aryl methyl sites for hydroxylation is 1. The summed E-state index contributed by atoms with van der Waals surface area (Å²) in [4.78, 5) is 14.9. The predicted octanol–water partition coefficient (Wildman–Crippen LogP) is 4.58. The molecular formula is C24H32F2N2O2S. The minimum absolute atomic E-state index is 0.124. The molecule has 4 rings (SSSR count). The second-order valence-electron chi connectivity index (χ2n) is 9.80. The molecule has 0 bridgehead atoms. The van der Waals surface area contributed by atoms with Gasteiger partial charge < -0.3 is 10.1 Å². The van der Waals surface area contributed by atoms with Gasteiger partial charge in [0.05, 0.1) is 12.6 Å². The van der Waals surface area contributed by atoms with E-state index in [9.17, 15) is 13.6 Å². The summed E-state index contributed by atoms with van der Waals surface area (Å²) < 4.78 is 32.1. The number of carbonyl (C=O) groups is 1. The average molecular weight is 451 g/mol. The quantitative estimate of drug-likeness (QED) is 0.644. The lowest BCUT2D eigenvalue weighted by molar-refractivity contribution is -0.139. The summed E-state index contributed by atoms with van der Waals surface area (Å²) in [5.74, 6) is 0.270. The Morgan fingerprint density at radius 2 is 2.00 bits per heavy atom. The highest BCUT2D eigenvalue weighted by atomic mass is 32.1. The Balaban J connectivity index is 1.78. The Labute approximate surface area is 188 Å². The third kappa shape index (κ3) is 3.67. The number of amides is 1. The number of halogens is 2. The molecule has 1 N–H and O–H groups in total. The van der Waals surface area contributed by atoms with Gasteiger partial charge >= 0.3 is 0 Å². The van der Waals surface area contributed by atoms with Crippen molar-refractivity contribution in [3.63, 3.8) is 0 Å². The maximum absolute atomic E-state index is 13.9. The van der Waals surface area contributed by atoms with Crippen LogP contribution < -0.4 is 5.32 Å². The molecule has 0 aromatic heterocycles. The van der Waals surface area contributed by atoms with E-state index in [2.05, 4.69) is 37.4 Å². The Bertz CT molecular complexity index is 867. The van der Waals surface area contributed by atoms with Crippen molar-refractivity contribution in [2.45, 2.75) is 76.9 Å². The molecule has 1 saturated heterocycles. The fourth-order valence-electron chi connectivity index (χ4n) is 5.87. The standard InChI is InChI=1S/C24H32F2N2O2S/c1-15(2)4-5-16-6-7-17-13-23(10-8-18(30-3)9-11-23)24(19(17)12-16)21(29)28(14-20(25)26)22(31)27-24/h6-7,12,15,18,20H,4-5,8-11,13-14H2,1-3H3,(H,27,31). The van der Waals surface area contributed by atoms with Gasteiger partial charge in [0, 0.05) is 12.5 Å². The van der Waals surface area contributed by atoms with E-state index < -0.39 is 18.5 Å². The molecule has 170 valence electrons. The van der Waals surface area contributed by atoms with Crippen molar-refractivity contribution in [2.24, 2.45) is 11.3 Å². The number of benzene rings is 1. The van der Waals surface area contributed by atoms with Gasteiger partial charge in [-0.25, -0.2) is 8.78 Å². The van der Waals surface area contributed by atoms with E-state index in [1.54, 1.807) is 7.11 Å². The smallest absolute Gasteiger partial charge is 0.259 e. The number of nitrogens with zero attached hydrogens (tertiary/aromatic N) is 1. The number of hydrogen-bond donors (Lipinski definition) is 1. The Morgan fingerprint density at radius 1 is 1.29 bits per heavy atom. The van der Waals surface area contributed by atoms with Crippen molar-refractivity contribution in [1.82, 2.24) is 10.2 Å². The van der Waals surface area contributed by atoms with Crippen LogP contribution in [-0.4, -0.2) is 42.1 Å². The summed E-state index contributed by atoms with van der Waals surface area (Å²) in [5, 5.41) is 3.43. The first kappa shape index (κ1) is 22.6. The zero-order valence-corrected chi connectivity index (χ0v) is 19.4. The summed E-state index contributed by atoms with van der Waals surface area (Å²) in [7, 11) is 1.72. The number of alkyl halides is 2. The van der Waals surface area contributed by atoms with E-state index in [1.165, 1.54) is 5.56 Å². The topological polar surface area (TPSA) is 41.6 Å². The third-order valence-corrected chi connectivity index (χ3v) is 7.88. The van der Waals surface area contributed by atoms with Crippen LogP contribution in [0.5, 0.6) is 0 Å². The number of nitrogens with one attached hydrogen (secondary N) is 1. The molecule has 1 amide bonds. The van der Waals surface area contributed by atoms with Crippen molar-refractivity contribution >= 4 is 23.2 Å². The molecule has 1 aromatic carbocycles. The van der Waals surface area contributed by atoms with Crippen LogP contribution in [0.3, 0.4) is 0 Å². The van der Waals surface area contributed by atoms with Crippen LogP contribution >= 0.6 is 12.2 Å². The maximum Gasteiger partial charge on any atom is 0.259 e. The molecule has 3 aliphatic rings. The third-order valence-electron chi connectivity index (χ3n) is 7.56. The molecule has 2 aliphatic carbocycles. The van der Waals surface area contributed by atoms with Gasteiger partial charge in [-0.05, 0) is 79.8 Å². The van der Waals surface area contributed by atoms with Crippen molar-refractivity contribution in [3.8, 4) is 0 Å². The molecule has 1 unspecified atom stereocenters.